The lowest BCUT2D eigenvalue weighted by Crippen LogP contribution is -2.24. The average molecular weight is 221 g/mol. The summed E-state index contributed by atoms with van der Waals surface area (Å²) in [6, 6.07) is 0. The lowest BCUT2D eigenvalue weighted by Gasteiger charge is -2.03. The number of esters is 1. The smallest absolute Gasteiger partial charge is 0.327 e. The fourth-order valence-electron chi connectivity index (χ4n) is 0.380. The molecule has 0 radical (unpaired) electrons. The summed E-state index contributed by atoms with van der Waals surface area (Å²) in [5, 5.41) is 0. The van der Waals surface area contributed by atoms with E-state index < -0.39 is 10.8 Å². The maximum atomic E-state index is 10.8. The Bertz CT molecular complexity index is 177. The molecule has 62 valence electrons. The van der Waals surface area contributed by atoms with Crippen LogP contribution in [0.3, 0.4) is 0 Å². The molecule has 0 aromatic heterocycles. The minimum Gasteiger partial charge on any atom is -0.460 e. The second kappa shape index (κ2) is 5.07. The van der Waals surface area contributed by atoms with E-state index in [2.05, 4.69) is 27.2 Å². The highest BCUT2D eigenvalue weighted by atomic mass is 79.9. The number of hydrogen-bond donors (Lipinski definition) is 0. The van der Waals surface area contributed by atoms with Crippen LogP contribution in [-0.2, 0) is 14.3 Å². The number of hydrogen-bond acceptors (Lipinski definition) is 3. The molecule has 0 fully saturated rings. The van der Waals surface area contributed by atoms with Crippen LogP contribution in [-0.4, -0.2) is 23.2 Å². The van der Waals surface area contributed by atoms with E-state index in [4.69, 9.17) is 0 Å². The SMILES string of the molecule is C=CCOC(=O)C(Br)C(C)=O. The first-order valence-electron chi connectivity index (χ1n) is 3.01. The number of ketones is 1. The molecule has 0 aromatic rings. The van der Waals surface area contributed by atoms with Crippen LogP contribution < -0.4 is 0 Å². The number of Topliss-reactive ketones (excluding diaryl/α,β-unsaturated/α-hetero) is 1. The molecule has 0 bridgehead atoms. The summed E-state index contributed by atoms with van der Waals surface area (Å²) in [4.78, 5) is 20.5. The van der Waals surface area contributed by atoms with Crippen LogP contribution in [0, 0.1) is 0 Å². The van der Waals surface area contributed by atoms with Crippen molar-refractivity contribution in [1.82, 2.24) is 0 Å². The number of halogens is 1. The Balaban J connectivity index is 3.82. The van der Waals surface area contributed by atoms with Crippen molar-refractivity contribution >= 4 is 27.7 Å². The topological polar surface area (TPSA) is 43.4 Å². The lowest BCUT2D eigenvalue weighted by atomic mass is 10.3. The molecule has 3 nitrogen and oxygen atoms in total. The largest absolute Gasteiger partial charge is 0.460 e. The van der Waals surface area contributed by atoms with Crippen molar-refractivity contribution in [2.45, 2.75) is 11.8 Å². The monoisotopic (exact) mass is 220 g/mol. The quantitative estimate of drug-likeness (QED) is 0.308. The van der Waals surface area contributed by atoms with Gasteiger partial charge in [0.25, 0.3) is 0 Å². The van der Waals surface area contributed by atoms with E-state index in [1.54, 1.807) is 0 Å². The van der Waals surface area contributed by atoms with Crippen LogP contribution in [0.15, 0.2) is 12.7 Å². The van der Waals surface area contributed by atoms with Gasteiger partial charge in [0.05, 0.1) is 0 Å². The Morgan fingerprint density at radius 3 is 2.64 bits per heavy atom. The Hall–Kier alpha value is -0.640. The van der Waals surface area contributed by atoms with Gasteiger partial charge in [-0.15, -0.1) is 0 Å². The van der Waals surface area contributed by atoms with Gasteiger partial charge >= 0.3 is 5.97 Å². The molecule has 0 heterocycles. The van der Waals surface area contributed by atoms with Crippen LogP contribution >= 0.6 is 15.9 Å². The van der Waals surface area contributed by atoms with Gasteiger partial charge in [0, 0.05) is 0 Å². The molecule has 0 aliphatic heterocycles. The second-order valence-electron chi connectivity index (χ2n) is 1.89. The van der Waals surface area contributed by atoms with Crippen LogP contribution in [0.1, 0.15) is 6.92 Å². The molecule has 1 atom stereocenters. The second-order valence-corrected chi connectivity index (χ2v) is 2.81. The Morgan fingerprint density at radius 2 is 2.27 bits per heavy atom. The first-order valence-corrected chi connectivity index (χ1v) is 3.93. The Labute approximate surface area is 73.5 Å². The number of alkyl halides is 1. The van der Waals surface area contributed by atoms with Gasteiger partial charge in [0.15, 0.2) is 10.6 Å². The zero-order chi connectivity index (χ0) is 8.85. The predicted octanol–water partition coefficient (Wildman–Crippen LogP) is 1.07. The van der Waals surface area contributed by atoms with Gasteiger partial charge in [-0.25, -0.2) is 0 Å². The van der Waals surface area contributed by atoms with Crippen LogP contribution in [0.4, 0.5) is 0 Å². The Morgan fingerprint density at radius 1 is 1.73 bits per heavy atom. The molecule has 0 rings (SSSR count). The summed E-state index contributed by atoms with van der Waals surface area (Å²) >= 11 is 2.88. The third kappa shape index (κ3) is 3.93. The number of ether oxygens (including phenoxy) is 1. The molecule has 0 saturated heterocycles. The van der Waals surface area contributed by atoms with Gasteiger partial charge in [0.1, 0.15) is 6.61 Å². The number of rotatable bonds is 4. The molecular formula is C7H9BrO3. The van der Waals surface area contributed by atoms with Gasteiger partial charge in [-0.3, -0.25) is 9.59 Å². The molecule has 0 aromatic carbocycles. The molecule has 0 amide bonds. The molecule has 0 aliphatic carbocycles. The summed E-state index contributed by atoms with van der Waals surface area (Å²) in [6.07, 6.45) is 1.44. The average Bonchev–Trinajstić information content (AvgIpc) is 1.98. The van der Waals surface area contributed by atoms with Crippen molar-refractivity contribution in [3.05, 3.63) is 12.7 Å². The molecule has 1 unspecified atom stereocenters. The van der Waals surface area contributed by atoms with E-state index in [0.29, 0.717) is 0 Å². The molecular weight excluding hydrogens is 212 g/mol. The van der Waals surface area contributed by atoms with Crippen molar-refractivity contribution in [2.75, 3.05) is 6.61 Å². The summed E-state index contributed by atoms with van der Waals surface area (Å²) in [5.41, 5.74) is 0. The molecule has 0 spiro atoms. The molecule has 0 saturated carbocycles. The molecule has 0 N–H and O–H groups in total. The standard InChI is InChI=1S/C7H9BrO3/c1-3-4-11-7(10)6(8)5(2)9/h3,6H,1,4H2,2H3. The zero-order valence-corrected chi connectivity index (χ0v) is 7.76. The van der Waals surface area contributed by atoms with Crippen molar-refractivity contribution in [3.63, 3.8) is 0 Å². The molecule has 11 heavy (non-hydrogen) atoms. The zero-order valence-electron chi connectivity index (χ0n) is 6.17. The van der Waals surface area contributed by atoms with E-state index in [1.165, 1.54) is 13.0 Å². The van der Waals surface area contributed by atoms with E-state index in [9.17, 15) is 9.59 Å². The van der Waals surface area contributed by atoms with E-state index >= 15 is 0 Å². The summed E-state index contributed by atoms with van der Waals surface area (Å²) in [5.74, 6) is -0.837. The summed E-state index contributed by atoms with van der Waals surface area (Å²) in [6.45, 7) is 4.81. The number of carbonyl (C=O) groups is 2. The normalized spacial score (nSPS) is 11.8. The highest BCUT2D eigenvalue weighted by Crippen LogP contribution is 2.02. The van der Waals surface area contributed by atoms with Crippen molar-refractivity contribution < 1.29 is 14.3 Å². The van der Waals surface area contributed by atoms with Gasteiger partial charge in [-0.2, -0.15) is 0 Å². The fourth-order valence-corrected chi connectivity index (χ4v) is 0.512. The highest BCUT2D eigenvalue weighted by molar-refractivity contribution is 9.10. The summed E-state index contributed by atoms with van der Waals surface area (Å²) in [7, 11) is 0. The summed E-state index contributed by atoms with van der Waals surface area (Å²) < 4.78 is 4.59. The van der Waals surface area contributed by atoms with Gasteiger partial charge < -0.3 is 4.74 Å². The minimum atomic E-state index is -0.845. The lowest BCUT2D eigenvalue weighted by molar-refractivity contribution is -0.143. The highest BCUT2D eigenvalue weighted by Gasteiger charge is 2.20. The van der Waals surface area contributed by atoms with E-state index in [1.807, 2.05) is 0 Å². The first kappa shape index (κ1) is 10.4. The molecule has 0 aliphatic rings. The third-order valence-electron chi connectivity index (χ3n) is 0.907. The van der Waals surface area contributed by atoms with E-state index in [-0.39, 0.29) is 12.4 Å². The van der Waals surface area contributed by atoms with Crippen LogP contribution in [0.25, 0.3) is 0 Å². The number of carbonyl (C=O) groups excluding carboxylic acids is 2. The maximum Gasteiger partial charge on any atom is 0.327 e. The predicted molar refractivity (Wildman–Crippen MR) is 44.6 cm³/mol. The van der Waals surface area contributed by atoms with Gasteiger partial charge in [0.2, 0.25) is 0 Å². The Kier molecular flexibility index (Phi) is 4.77. The van der Waals surface area contributed by atoms with Gasteiger partial charge in [-0.05, 0) is 6.92 Å². The van der Waals surface area contributed by atoms with Crippen molar-refractivity contribution in [1.29, 1.82) is 0 Å². The fraction of sp³-hybridized carbons (Fsp3) is 0.429. The third-order valence-corrected chi connectivity index (χ3v) is 1.93. The van der Waals surface area contributed by atoms with Crippen LogP contribution in [0.5, 0.6) is 0 Å². The molecule has 4 heteroatoms. The van der Waals surface area contributed by atoms with Crippen molar-refractivity contribution in [3.8, 4) is 0 Å². The van der Waals surface area contributed by atoms with Gasteiger partial charge in [-0.1, -0.05) is 28.6 Å². The van der Waals surface area contributed by atoms with Crippen LogP contribution in [0.2, 0.25) is 0 Å². The maximum absolute atomic E-state index is 10.8. The van der Waals surface area contributed by atoms with E-state index in [0.717, 1.165) is 0 Å². The van der Waals surface area contributed by atoms with Crippen molar-refractivity contribution in [2.24, 2.45) is 0 Å². The first-order chi connectivity index (χ1) is 5.09. The minimum absolute atomic E-state index is 0.133.